The third-order valence-corrected chi connectivity index (χ3v) is 5.41. The number of phenols is 1. The lowest BCUT2D eigenvalue weighted by Gasteiger charge is -2.13. The van der Waals surface area contributed by atoms with Gasteiger partial charge in [-0.3, -0.25) is 10.5 Å². The highest BCUT2D eigenvalue weighted by molar-refractivity contribution is 9.12. The Balaban J connectivity index is -0.000000646. The maximum absolute atomic E-state index is 12.3. The Hall–Kier alpha value is -5.43. The van der Waals surface area contributed by atoms with Crippen molar-refractivity contribution in [3.8, 4) is 40.0 Å². The monoisotopic (exact) mass is 863 g/mol. The van der Waals surface area contributed by atoms with Gasteiger partial charge in [0.05, 0.1) is 0 Å². The molecule has 0 aliphatic rings. The van der Waals surface area contributed by atoms with Gasteiger partial charge in [0.15, 0.2) is 0 Å². The maximum Gasteiger partial charge on any atom is 0.488 e. The fraction of sp³-hybridized carbons (Fsp3) is 0.188. The van der Waals surface area contributed by atoms with Crippen LogP contribution in [0.25, 0.3) is 0 Å². The minimum atomic E-state index is -2.55. The van der Waals surface area contributed by atoms with E-state index in [1.165, 1.54) is 74.4 Å². The molecular weight excluding hydrogens is 832 g/mol. The highest BCUT2D eigenvalue weighted by Crippen LogP contribution is 2.22. The fourth-order valence-electron chi connectivity index (χ4n) is 2.95. The van der Waals surface area contributed by atoms with E-state index in [0.717, 1.165) is 24.3 Å². The van der Waals surface area contributed by atoms with E-state index >= 15 is 0 Å². The third-order valence-electron chi connectivity index (χ3n) is 5.41. The van der Waals surface area contributed by atoms with Crippen molar-refractivity contribution in [3.05, 3.63) is 109 Å². The third kappa shape index (κ3) is 27.8. The Labute approximate surface area is 317 Å². The first kappa shape index (κ1) is 53.9. The number of hydrogen-bond acceptors (Lipinski definition) is 12. The summed E-state index contributed by atoms with van der Waals surface area (Å²) in [4.78, 5) is 3.94. The van der Waals surface area contributed by atoms with Gasteiger partial charge < -0.3 is 39.0 Å². The molecule has 23 heteroatoms. The van der Waals surface area contributed by atoms with Gasteiger partial charge in [0.2, 0.25) is 0 Å². The molecule has 3 aromatic rings. The van der Waals surface area contributed by atoms with Crippen LogP contribution in [0.3, 0.4) is 0 Å². The van der Waals surface area contributed by atoms with Crippen molar-refractivity contribution >= 4 is 28.5 Å². The van der Waals surface area contributed by atoms with E-state index in [9.17, 15) is 39.5 Å². The molecule has 0 unspecified atom stereocenters. The molecule has 55 heavy (non-hydrogen) atoms. The van der Waals surface area contributed by atoms with Crippen LogP contribution in [-0.4, -0.2) is 57.3 Å². The highest BCUT2D eigenvalue weighted by atomic mass is 79.9. The number of nitriles is 2. The number of benzene rings is 3. The SMILES string of the molecule is CCN(CC)CC.N#CBr.N#COc1ccc(OC(F)=C(F)F)cc1.OB(O)c1ccc(OC(F)=C(F)F)cc1.OO.Oc1ccc(OC(F)=C(F)F)cc1. The van der Waals surface area contributed by atoms with Gasteiger partial charge in [-0.15, -0.1) is 5.26 Å². The number of hydrogen-bond donors (Lipinski definition) is 5. The predicted octanol–water partition coefficient (Wildman–Crippen LogP) is 8.77. The number of aromatic hydroxyl groups is 1. The van der Waals surface area contributed by atoms with E-state index in [4.69, 9.17) is 36.2 Å². The molecule has 0 amide bonds. The highest BCUT2D eigenvalue weighted by Gasteiger charge is 2.12. The van der Waals surface area contributed by atoms with Crippen LogP contribution in [0.5, 0.6) is 28.7 Å². The molecule has 5 N–H and O–H groups in total. The summed E-state index contributed by atoms with van der Waals surface area (Å²) in [6, 6.07) is 8.48. The standard InChI is InChI=1S/C9H4F3NO2.C8H6BF3O3.C8H5F3O2.C6H15N.CBrN.H2O2/c10-8(11)9(12)15-7-3-1-6(2-4-7)14-5-13;10-7(11)8(12)15-6-3-1-5(2-4-6)9(13)14;9-7(10)8(11)13-6-3-1-5(12)2-4-6;1-4-7(5-2)6-3;2-1-3;1-2/h1-4H;1-4,13-14H;1-4,12H;4-6H2,1-3H3;;1-2H. The fourth-order valence-corrected chi connectivity index (χ4v) is 2.95. The van der Waals surface area contributed by atoms with Gasteiger partial charge in [-0.05, 0) is 85.8 Å². The summed E-state index contributed by atoms with van der Waals surface area (Å²) in [7, 11) is -1.67. The molecule has 0 radical (unpaired) electrons. The average molecular weight is 864 g/mol. The van der Waals surface area contributed by atoms with Gasteiger partial charge in [0.25, 0.3) is 6.26 Å². The van der Waals surface area contributed by atoms with Crippen molar-refractivity contribution in [2.45, 2.75) is 20.8 Å². The Bertz CT molecular complexity index is 1640. The molecule has 12 nitrogen and oxygen atoms in total. The largest absolute Gasteiger partial charge is 0.508 e. The van der Waals surface area contributed by atoms with Crippen LogP contribution < -0.4 is 24.4 Å². The Morgan fingerprint density at radius 1 is 0.600 bits per heavy atom. The number of nitrogens with zero attached hydrogens (tertiary/aromatic N) is 3. The second-order valence-corrected chi connectivity index (χ2v) is 9.07. The molecule has 3 aromatic carbocycles. The van der Waals surface area contributed by atoms with Crippen molar-refractivity contribution in [3.63, 3.8) is 0 Å². The lowest BCUT2D eigenvalue weighted by molar-refractivity contribution is -0.176. The molecule has 3 rings (SSSR count). The van der Waals surface area contributed by atoms with Crippen molar-refractivity contribution in [2.75, 3.05) is 19.6 Å². The van der Waals surface area contributed by atoms with E-state index in [0.29, 0.717) is 0 Å². The summed E-state index contributed by atoms with van der Waals surface area (Å²) >= 11 is 2.45. The first-order valence-electron chi connectivity index (χ1n) is 14.5. The Morgan fingerprint density at radius 2 is 0.873 bits per heavy atom. The first-order chi connectivity index (χ1) is 26.0. The smallest absolute Gasteiger partial charge is 0.488 e. The van der Waals surface area contributed by atoms with Gasteiger partial charge in [0.1, 0.15) is 33.7 Å². The van der Waals surface area contributed by atoms with Crippen LogP contribution in [-0.2, 0) is 0 Å². The summed E-state index contributed by atoms with van der Waals surface area (Å²) < 4.78 is 123. The summed E-state index contributed by atoms with van der Waals surface area (Å²) in [6.45, 7) is 10.1. The zero-order valence-corrected chi connectivity index (χ0v) is 30.2. The van der Waals surface area contributed by atoms with E-state index in [2.05, 4.69) is 60.5 Å². The summed E-state index contributed by atoms with van der Waals surface area (Å²) in [5.74, 6) is -0.245. The van der Waals surface area contributed by atoms with Crippen molar-refractivity contribution in [2.24, 2.45) is 0 Å². The lowest BCUT2D eigenvalue weighted by Crippen LogP contribution is -2.29. The molecule has 0 heterocycles. The van der Waals surface area contributed by atoms with Crippen LogP contribution >= 0.6 is 15.9 Å². The van der Waals surface area contributed by atoms with Gasteiger partial charge in [-0.2, -0.15) is 44.8 Å². The maximum atomic E-state index is 12.3. The van der Waals surface area contributed by atoms with Gasteiger partial charge in [-0.1, -0.05) is 32.9 Å². The Kier molecular flexibility index (Phi) is 32.5. The van der Waals surface area contributed by atoms with Gasteiger partial charge >= 0.3 is 43.4 Å². The average Bonchev–Trinajstić information content (AvgIpc) is 3.16. The first-order valence-corrected chi connectivity index (χ1v) is 15.3. The van der Waals surface area contributed by atoms with E-state index in [-0.39, 0.29) is 34.2 Å². The van der Waals surface area contributed by atoms with E-state index < -0.39 is 43.4 Å². The second-order valence-electron chi connectivity index (χ2n) is 8.71. The normalized spacial score (nSPS) is 8.87. The molecule has 0 atom stereocenters. The summed E-state index contributed by atoms with van der Waals surface area (Å²) in [5.41, 5.74) is 0.146. The van der Waals surface area contributed by atoms with Crippen molar-refractivity contribution < 1.29 is 84.1 Å². The number of rotatable bonds is 11. The molecule has 302 valence electrons. The van der Waals surface area contributed by atoms with Crippen LogP contribution in [0, 0.1) is 21.8 Å². The molecule has 0 saturated carbocycles. The molecule has 0 aliphatic carbocycles. The van der Waals surface area contributed by atoms with Gasteiger partial charge in [-0.25, -0.2) is 0 Å². The van der Waals surface area contributed by atoms with Crippen LogP contribution in [0.15, 0.2) is 109 Å². The molecule has 0 aromatic heterocycles. The summed E-state index contributed by atoms with van der Waals surface area (Å²) in [5, 5.41) is 53.6. The molecule has 0 spiro atoms. The van der Waals surface area contributed by atoms with Crippen molar-refractivity contribution in [1.29, 1.82) is 10.5 Å². The number of halogens is 10. The van der Waals surface area contributed by atoms with Crippen LogP contribution in [0.4, 0.5) is 39.5 Å². The molecule has 0 aliphatic heterocycles. The van der Waals surface area contributed by atoms with Crippen molar-refractivity contribution in [1.82, 2.24) is 4.90 Å². The van der Waals surface area contributed by atoms with Crippen LogP contribution in [0.2, 0.25) is 0 Å². The zero-order valence-electron chi connectivity index (χ0n) is 28.6. The molecule has 0 bridgehead atoms. The van der Waals surface area contributed by atoms with E-state index in [1.807, 2.05) is 0 Å². The lowest BCUT2D eigenvalue weighted by atomic mass is 9.80. The quantitative estimate of drug-likeness (QED) is 0.0308. The topological polar surface area (TPSA) is 189 Å². The van der Waals surface area contributed by atoms with Crippen LogP contribution in [0.1, 0.15) is 20.8 Å². The number of ether oxygens (including phenoxy) is 4. The second kappa shape index (κ2) is 33.2. The number of phenolic OH excluding ortho intramolecular Hbond substituents is 1. The minimum Gasteiger partial charge on any atom is -0.508 e. The molecule has 0 saturated heterocycles. The predicted molar refractivity (Wildman–Crippen MR) is 183 cm³/mol. The van der Waals surface area contributed by atoms with Gasteiger partial charge in [0, 0.05) is 15.9 Å². The minimum absolute atomic E-state index is 0.0579. The zero-order chi connectivity index (χ0) is 42.9. The molecule has 0 fully saturated rings. The Morgan fingerprint density at radius 3 is 1.11 bits per heavy atom. The van der Waals surface area contributed by atoms with E-state index in [1.54, 1.807) is 4.98 Å². The summed E-state index contributed by atoms with van der Waals surface area (Å²) in [6.07, 6.45) is -6.19. The molecular formula is C32H32BBrF9N3O9.